The van der Waals surface area contributed by atoms with Gasteiger partial charge in [0.05, 0.1) is 11.4 Å². The van der Waals surface area contributed by atoms with Crippen LogP contribution >= 0.6 is 11.3 Å². The monoisotopic (exact) mass is 340 g/mol. The van der Waals surface area contributed by atoms with Crippen LogP contribution in [0.1, 0.15) is 32.9 Å². The van der Waals surface area contributed by atoms with Gasteiger partial charge in [-0.05, 0) is 31.0 Å². The lowest BCUT2D eigenvalue weighted by Crippen LogP contribution is -2.23. The molecule has 0 spiro atoms. The standard InChI is InChI=1S/C14H16N2O4S2/c1-3-10-5-4-6-11(7-10)22(19,20)15-8-12-16-13(14(17)18)9(2)21-12/h4-7,15H,3,8H2,1-2H3,(H,17,18). The van der Waals surface area contributed by atoms with Crippen LogP contribution in [-0.2, 0) is 23.0 Å². The summed E-state index contributed by atoms with van der Waals surface area (Å²) in [7, 11) is -3.65. The highest BCUT2D eigenvalue weighted by Crippen LogP contribution is 2.18. The van der Waals surface area contributed by atoms with Crippen LogP contribution in [0.5, 0.6) is 0 Å². The number of aryl methyl sites for hydroxylation is 2. The van der Waals surface area contributed by atoms with Crippen LogP contribution in [0.4, 0.5) is 0 Å². The Balaban J connectivity index is 2.16. The zero-order valence-electron chi connectivity index (χ0n) is 12.2. The van der Waals surface area contributed by atoms with Gasteiger partial charge in [0.15, 0.2) is 5.69 Å². The van der Waals surface area contributed by atoms with Crippen LogP contribution in [0.2, 0.25) is 0 Å². The van der Waals surface area contributed by atoms with E-state index in [4.69, 9.17) is 5.11 Å². The summed E-state index contributed by atoms with van der Waals surface area (Å²) in [5, 5.41) is 9.37. The summed E-state index contributed by atoms with van der Waals surface area (Å²) >= 11 is 1.17. The van der Waals surface area contributed by atoms with Gasteiger partial charge in [-0.15, -0.1) is 11.3 Å². The zero-order chi connectivity index (χ0) is 16.3. The number of carbonyl (C=O) groups is 1. The number of nitrogens with zero attached hydrogens (tertiary/aromatic N) is 1. The van der Waals surface area contributed by atoms with Crippen LogP contribution in [0.25, 0.3) is 0 Å². The zero-order valence-corrected chi connectivity index (χ0v) is 13.8. The molecular weight excluding hydrogens is 324 g/mol. The maximum Gasteiger partial charge on any atom is 0.355 e. The summed E-state index contributed by atoms with van der Waals surface area (Å²) in [6.45, 7) is 3.56. The number of carboxylic acid groups (broad SMARTS) is 1. The first-order valence-electron chi connectivity index (χ1n) is 6.61. The van der Waals surface area contributed by atoms with Crippen molar-refractivity contribution in [3.63, 3.8) is 0 Å². The van der Waals surface area contributed by atoms with Crippen molar-refractivity contribution in [3.05, 3.63) is 45.4 Å². The molecule has 2 rings (SSSR count). The third kappa shape index (κ3) is 3.70. The van der Waals surface area contributed by atoms with E-state index in [2.05, 4.69) is 9.71 Å². The third-order valence-electron chi connectivity index (χ3n) is 3.07. The molecule has 0 amide bonds. The van der Waals surface area contributed by atoms with E-state index in [1.165, 1.54) is 17.4 Å². The molecule has 118 valence electrons. The van der Waals surface area contributed by atoms with E-state index in [9.17, 15) is 13.2 Å². The largest absolute Gasteiger partial charge is 0.476 e. The Morgan fingerprint density at radius 3 is 2.73 bits per heavy atom. The van der Waals surface area contributed by atoms with Crippen molar-refractivity contribution < 1.29 is 18.3 Å². The fourth-order valence-corrected chi connectivity index (χ4v) is 3.91. The highest BCUT2D eigenvalue weighted by molar-refractivity contribution is 7.89. The summed E-state index contributed by atoms with van der Waals surface area (Å²) in [6, 6.07) is 6.71. The fourth-order valence-electron chi connectivity index (χ4n) is 1.90. The Bertz CT molecular complexity index is 797. The number of rotatable bonds is 6. The van der Waals surface area contributed by atoms with E-state index in [-0.39, 0.29) is 17.1 Å². The number of carboxylic acids is 1. The van der Waals surface area contributed by atoms with E-state index < -0.39 is 16.0 Å². The third-order valence-corrected chi connectivity index (χ3v) is 5.44. The topological polar surface area (TPSA) is 96.4 Å². The Kier molecular flexibility index (Phi) is 4.94. The first-order chi connectivity index (χ1) is 10.3. The fraction of sp³-hybridized carbons (Fsp3) is 0.286. The van der Waals surface area contributed by atoms with E-state index in [0.717, 1.165) is 12.0 Å². The molecule has 0 unspecified atom stereocenters. The van der Waals surface area contributed by atoms with E-state index in [1.54, 1.807) is 19.1 Å². The second-order valence-electron chi connectivity index (χ2n) is 4.64. The maximum absolute atomic E-state index is 12.2. The Morgan fingerprint density at radius 1 is 1.41 bits per heavy atom. The lowest BCUT2D eigenvalue weighted by Gasteiger charge is -2.06. The summed E-state index contributed by atoms with van der Waals surface area (Å²) < 4.78 is 26.9. The van der Waals surface area contributed by atoms with Crippen LogP contribution in [0, 0.1) is 6.92 Å². The molecule has 0 saturated carbocycles. The molecule has 6 nitrogen and oxygen atoms in total. The van der Waals surface area contributed by atoms with Gasteiger partial charge in [0, 0.05) is 4.88 Å². The van der Waals surface area contributed by atoms with Crippen molar-refractivity contribution in [2.45, 2.75) is 31.7 Å². The molecule has 0 atom stereocenters. The minimum atomic E-state index is -3.65. The SMILES string of the molecule is CCc1cccc(S(=O)(=O)NCc2nc(C(=O)O)c(C)s2)c1. The molecule has 2 aromatic rings. The first kappa shape index (κ1) is 16.6. The Hall–Kier alpha value is -1.77. The quantitative estimate of drug-likeness (QED) is 0.840. The van der Waals surface area contributed by atoms with Gasteiger partial charge in [0.25, 0.3) is 0 Å². The maximum atomic E-state index is 12.2. The molecule has 0 aliphatic heterocycles. The average molecular weight is 340 g/mol. The number of benzene rings is 1. The van der Waals surface area contributed by atoms with Gasteiger partial charge in [-0.25, -0.2) is 22.9 Å². The number of thiazole rings is 1. The van der Waals surface area contributed by atoms with E-state index in [0.29, 0.717) is 9.88 Å². The molecule has 22 heavy (non-hydrogen) atoms. The van der Waals surface area contributed by atoms with Crippen molar-refractivity contribution >= 4 is 27.3 Å². The second kappa shape index (κ2) is 6.55. The Labute approximate surface area is 132 Å². The van der Waals surface area contributed by atoms with Gasteiger partial charge < -0.3 is 5.11 Å². The molecule has 1 aromatic carbocycles. The minimum absolute atomic E-state index is 0.0303. The number of aromatic carboxylic acids is 1. The molecule has 0 aliphatic rings. The van der Waals surface area contributed by atoms with Crippen molar-refractivity contribution in [3.8, 4) is 0 Å². The van der Waals surface area contributed by atoms with Gasteiger partial charge in [-0.3, -0.25) is 0 Å². The second-order valence-corrected chi connectivity index (χ2v) is 7.70. The highest BCUT2D eigenvalue weighted by Gasteiger charge is 2.17. The minimum Gasteiger partial charge on any atom is -0.476 e. The highest BCUT2D eigenvalue weighted by atomic mass is 32.2. The normalized spacial score (nSPS) is 11.5. The molecule has 1 heterocycles. The molecule has 2 N–H and O–H groups in total. The van der Waals surface area contributed by atoms with Crippen LogP contribution in [0.3, 0.4) is 0 Å². The smallest absolute Gasteiger partial charge is 0.355 e. The first-order valence-corrected chi connectivity index (χ1v) is 8.91. The lowest BCUT2D eigenvalue weighted by atomic mass is 10.2. The number of sulfonamides is 1. The van der Waals surface area contributed by atoms with Crippen molar-refractivity contribution in [1.29, 1.82) is 0 Å². The molecule has 0 aliphatic carbocycles. The van der Waals surface area contributed by atoms with Crippen LogP contribution in [-0.4, -0.2) is 24.5 Å². The summed E-state index contributed by atoms with van der Waals surface area (Å²) in [5.74, 6) is -1.11. The van der Waals surface area contributed by atoms with Crippen molar-refractivity contribution in [2.24, 2.45) is 0 Å². The van der Waals surface area contributed by atoms with E-state index >= 15 is 0 Å². The summed E-state index contributed by atoms with van der Waals surface area (Å²) in [4.78, 5) is 15.6. The number of hydrogen-bond donors (Lipinski definition) is 2. The van der Waals surface area contributed by atoms with Crippen LogP contribution < -0.4 is 4.72 Å². The number of aromatic nitrogens is 1. The summed E-state index contributed by atoms with van der Waals surface area (Å²) in [5.41, 5.74) is 0.897. The molecule has 0 bridgehead atoms. The van der Waals surface area contributed by atoms with Gasteiger partial charge in [-0.1, -0.05) is 19.1 Å². The number of nitrogens with one attached hydrogen (secondary N) is 1. The predicted molar refractivity (Wildman–Crippen MR) is 83.7 cm³/mol. The summed E-state index contributed by atoms with van der Waals surface area (Å²) in [6.07, 6.45) is 0.747. The van der Waals surface area contributed by atoms with Crippen molar-refractivity contribution in [2.75, 3.05) is 0 Å². The number of hydrogen-bond acceptors (Lipinski definition) is 5. The molecule has 8 heteroatoms. The van der Waals surface area contributed by atoms with Crippen molar-refractivity contribution in [1.82, 2.24) is 9.71 Å². The Morgan fingerprint density at radius 2 is 2.14 bits per heavy atom. The molecule has 0 saturated heterocycles. The molecule has 0 fully saturated rings. The van der Waals surface area contributed by atoms with Gasteiger partial charge in [-0.2, -0.15) is 0 Å². The lowest BCUT2D eigenvalue weighted by molar-refractivity contribution is 0.0690. The van der Waals surface area contributed by atoms with E-state index in [1.807, 2.05) is 13.0 Å². The van der Waals surface area contributed by atoms with Gasteiger partial charge in [0.1, 0.15) is 5.01 Å². The average Bonchev–Trinajstić information content (AvgIpc) is 2.87. The predicted octanol–water partition coefficient (Wildman–Crippen LogP) is 2.19. The molecular formula is C14H16N2O4S2. The van der Waals surface area contributed by atoms with Gasteiger partial charge in [0.2, 0.25) is 10.0 Å². The molecule has 1 aromatic heterocycles. The van der Waals surface area contributed by atoms with Gasteiger partial charge >= 0.3 is 5.97 Å². The van der Waals surface area contributed by atoms with Crippen LogP contribution in [0.15, 0.2) is 29.2 Å². The molecule has 0 radical (unpaired) electrons.